The average Bonchev–Trinajstić information content (AvgIpc) is 3.41. The van der Waals surface area contributed by atoms with Gasteiger partial charge in [0.15, 0.2) is 0 Å². The number of ether oxygens (including phenoxy) is 2. The van der Waals surface area contributed by atoms with Crippen LogP contribution in [0.25, 0.3) is 0 Å². The molecule has 0 unspecified atom stereocenters. The number of hydrogen-bond donors (Lipinski definition) is 1. The van der Waals surface area contributed by atoms with Crippen LogP contribution < -0.4 is 0 Å². The summed E-state index contributed by atoms with van der Waals surface area (Å²) in [5.74, 6) is -0.601. The molecular formula is C24H28N2O6. The number of cyclic esters (lactones) is 2. The largest absolute Gasteiger partial charge is 0.457 e. The SMILES string of the molecule is Cc1c([C@H](O)CN2CCC3(CC2)C[C@H](C)N(C2=CC(=O)OC2)C3=O)ccc2c1COC2=O. The van der Waals surface area contributed by atoms with Gasteiger partial charge in [-0.25, -0.2) is 9.59 Å². The number of aliphatic hydroxyl groups is 1. The highest BCUT2D eigenvalue weighted by molar-refractivity contribution is 5.94. The van der Waals surface area contributed by atoms with Crippen LogP contribution >= 0.6 is 0 Å². The van der Waals surface area contributed by atoms with Crippen molar-refractivity contribution in [2.75, 3.05) is 26.2 Å². The number of esters is 2. The highest BCUT2D eigenvalue weighted by Crippen LogP contribution is 2.46. The molecule has 1 aromatic carbocycles. The lowest BCUT2D eigenvalue weighted by atomic mass is 9.76. The van der Waals surface area contributed by atoms with Gasteiger partial charge >= 0.3 is 11.9 Å². The van der Waals surface area contributed by atoms with Crippen LogP contribution in [0.3, 0.4) is 0 Å². The molecule has 170 valence electrons. The van der Waals surface area contributed by atoms with E-state index in [9.17, 15) is 19.5 Å². The van der Waals surface area contributed by atoms with Crippen molar-refractivity contribution < 1.29 is 29.0 Å². The maximum absolute atomic E-state index is 13.3. The number of carbonyl (C=O) groups excluding carboxylic acids is 3. The minimum Gasteiger partial charge on any atom is -0.457 e. The molecule has 4 aliphatic rings. The maximum Gasteiger partial charge on any atom is 0.338 e. The molecule has 5 rings (SSSR count). The first-order valence-corrected chi connectivity index (χ1v) is 11.2. The van der Waals surface area contributed by atoms with E-state index in [4.69, 9.17) is 9.47 Å². The Kier molecular flexibility index (Phi) is 5.09. The second-order valence-corrected chi connectivity index (χ2v) is 9.45. The quantitative estimate of drug-likeness (QED) is 0.714. The van der Waals surface area contributed by atoms with Crippen LogP contribution in [0.4, 0.5) is 0 Å². The van der Waals surface area contributed by atoms with Gasteiger partial charge in [0.2, 0.25) is 5.91 Å². The van der Waals surface area contributed by atoms with Gasteiger partial charge in [0, 0.05) is 24.2 Å². The predicted molar refractivity (Wildman–Crippen MR) is 113 cm³/mol. The predicted octanol–water partition coefficient (Wildman–Crippen LogP) is 1.84. The number of hydrogen-bond acceptors (Lipinski definition) is 7. The fourth-order valence-corrected chi connectivity index (χ4v) is 5.77. The molecular weight excluding hydrogens is 412 g/mol. The third-order valence-electron chi connectivity index (χ3n) is 7.57. The Labute approximate surface area is 186 Å². The summed E-state index contributed by atoms with van der Waals surface area (Å²) in [6, 6.07) is 3.59. The van der Waals surface area contributed by atoms with Gasteiger partial charge in [0.25, 0.3) is 0 Å². The second-order valence-electron chi connectivity index (χ2n) is 9.45. The van der Waals surface area contributed by atoms with E-state index in [-0.39, 0.29) is 37.1 Å². The molecule has 1 spiro atoms. The summed E-state index contributed by atoms with van der Waals surface area (Å²) in [5.41, 5.74) is 3.42. The third kappa shape index (κ3) is 3.33. The standard InChI is InChI=1S/C24H28N2O6/c1-14-10-24(23(30)26(14)16-9-21(28)31-12-16)5-7-25(8-6-24)11-20(27)17-3-4-18-19(15(17)2)13-32-22(18)29/h3-4,9,14,20,27H,5-8,10-13H2,1-2H3/t14-,20+/m0/s1. The van der Waals surface area contributed by atoms with Gasteiger partial charge in [-0.1, -0.05) is 6.07 Å². The van der Waals surface area contributed by atoms with Gasteiger partial charge in [-0.2, -0.15) is 0 Å². The molecule has 4 heterocycles. The molecule has 1 N–H and O–H groups in total. The Bertz CT molecular complexity index is 1020. The first-order valence-electron chi connectivity index (χ1n) is 11.2. The summed E-state index contributed by atoms with van der Waals surface area (Å²) in [6.07, 6.45) is 2.98. The Morgan fingerprint density at radius 3 is 2.59 bits per heavy atom. The van der Waals surface area contributed by atoms with Crippen LogP contribution in [-0.2, 0) is 25.7 Å². The maximum atomic E-state index is 13.3. The van der Waals surface area contributed by atoms with Crippen molar-refractivity contribution in [1.29, 1.82) is 0 Å². The number of rotatable bonds is 4. The number of β-amino-alcohol motifs (C(OH)–C–C–N with tert-alkyl or cyclic N) is 1. The van der Waals surface area contributed by atoms with Crippen LogP contribution in [0.15, 0.2) is 23.9 Å². The lowest BCUT2D eigenvalue weighted by Gasteiger charge is -2.38. The van der Waals surface area contributed by atoms with Crippen molar-refractivity contribution in [2.24, 2.45) is 5.41 Å². The normalized spacial score (nSPS) is 25.7. The number of fused-ring (bicyclic) bond motifs is 1. The number of amides is 1. The summed E-state index contributed by atoms with van der Waals surface area (Å²) in [6.45, 7) is 6.30. The summed E-state index contributed by atoms with van der Waals surface area (Å²) >= 11 is 0. The molecule has 32 heavy (non-hydrogen) atoms. The van der Waals surface area contributed by atoms with E-state index >= 15 is 0 Å². The lowest BCUT2D eigenvalue weighted by Crippen LogP contribution is -2.45. The van der Waals surface area contributed by atoms with E-state index in [1.165, 1.54) is 6.08 Å². The zero-order chi connectivity index (χ0) is 22.6. The minimum absolute atomic E-state index is 0.0411. The first kappa shape index (κ1) is 21.2. The van der Waals surface area contributed by atoms with Crippen LogP contribution in [0.5, 0.6) is 0 Å². The Balaban J connectivity index is 1.24. The third-order valence-corrected chi connectivity index (χ3v) is 7.57. The molecule has 0 saturated carbocycles. The lowest BCUT2D eigenvalue weighted by molar-refractivity contribution is -0.139. The molecule has 0 aliphatic carbocycles. The molecule has 0 aromatic heterocycles. The minimum atomic E-state index is -0.674. The van der Waals surface area contributed by atoms with Crippen molar-refractivity contribution in [2.45, 2.75) is 51.9 Å². The van der Waals surface area contributed by atoms with Gasteiger partial charge in [-0.05, 0) is 63.4 Å². The highest BCUT2D eigenvalue weighted by atomic mass is 16.5. The summed E-state index contributed by atoms with van der Waals surface area (Å²) < 4.78 is 10.1. The van der Waals surface area contributed by atoms with Crippen molar-refractivity contribution in [3.63, 3.8) is 0 Å². The zero-order valence-corrected chi connectivity index (χ0v) is 18.4. The van der Waals surface area contributed by atoms with Crippen LogP contribution in [-0.4, -0.2) is 65.0 Å². The van der Waals surface area contributed by atoms with Crippen molar-refractivity contribution in [3.05, 3.63) is 46.2 Å². The smallest absolute Gasteiger partial charge is 0.338 e. The second kappa shape index (κ2) is 7.71. The van der Waals surface area contributed by atoms with Gasteiger partial charge in [-0.15, -0.1) is 0 Å². The Morgan fingerprint density at radius 1 is 1.16 bits per heavy atom. The van der Waals surface area contributed by atoms with Gasteiger partial charge < -0.3 is 24.4 Å². The van der Waals surface area contributed by atoms with Crippen LogP contribution in [0.1, 0.15) is 59.3 Å². The fraction of sp³-hybridized carbons (Fsp3) is 0.542. The van der Waals surface area contributed by atoms with Crippen LogP contribution in [0, 0.1) is 12.3 Å². The Hall–Kier alpha value is -2.71. The molecule has 2 fully saturated rings. The van der Waals surface area contributed by atoms with E-state index in [1.54, 1.807) is 11.0 Å². The summed E-state index contributed by atoms with van der Waals surface area (Å²) in [7, 11) is 0. The van der Waals surface area contributed by atoms with E-state index in [1.807, 2.05) is 19.9 Å². The number of likely N-dealkylation sites (tertiary alicyclic amines) is 2. The van der Waals surface area contributed by atoms with Gasteiger partial charge in [0.05, 0.1) is 22.8 Å². The van der Waals surface area contributed by atoms with E-state index in [0.29, 0.717) is 17.8 Å². The number of nitrogens with zero attached hydrogens (tertiary/aromatic N) is 2. The molecule has 8 nitrogen and oxygen atoms in total. The van der Waals surface area contributed by atoms with E-state index in [2.05, 4.69) is 4.90 Å². The zero-order valence-electron chi connectivity index (χ0n) is 18.4. The summed E-state index contributed by atoms with van der Waals surface area (Å²) in [5, 5.41) is 10.9. The molecule has 2 saturated heterocycles. The van der Waals surface area contributed by atoms with Gasteiger partial charge in [-0.3, -0.25) is 4.79 Å². The summed E-state index contributed by atoms with van der Waals surface area (Å²) in [4.78, 5) is 40.5. The molecule has 2 atom stereocenters. The molecule has 0 bridgehead atoms. The van der Waals surface area contributed by atoms with Gasteiger partial charge in [0.1, 0.15) is 13.2 Å². The number of piperidine rings is 1. The monoisotopic (exact) mass is 440 g/mol. The molecule has 0 radical (unpaired) electrons. The number of carbonyl (C=O) groups is 3. The Morgan fingerprint density at radius 2 is 1.91 bits per heavy atom. The number of benzene rings is 1. The fourth-order valence-electron chi connectivity index (χ4n) is 5.77. The van der Waals surface area contributed by atoms with Crippen molar-refractivity contribution in [1.82, 2.24) is 9.80 Å². The molecule has 1 amide bonds. The molecule has 1 aromatic rings. The molecule has 4 aliphatic heterocycles. The van der Waals surface area contributed by atoms with Crippen molar-refractivity contribution >= 4 is 17.8 Å². The average molecular weight is 440 g/mol. The highest BCUT2D eigenvalue weighted by Gasteiger charge is 2.52. The number of aliphatic hydroxyl groups excluding tert-OH is 1. The molecule has 8 heteroatoms. The van der Waals surface area contributed by atoms with Crippen LogP contribution in [0.2, 0.25) is 0 Å². The topological polar surface area (TPSA) is 96.4 Å². The van der Waals surface area contributed by atoms with Crippen molar-refractivity contribution in [3.8, 4) is 0 Å². The van der Waals surface area contributed by atoms with E-state index < -0.39 is 11.5 Å². The van der Waals surface area contributed by atoms with E-state index in [0.717, 1.165) is 49.0 Å². The first-order chi connectivity index (χ1) is 15.3.